The smallest absolute Gasteiger partial charge is 0.193 e. The van der Waals surface area contributed by atoms with Gasteiger partial charge in [-0.1, -0.05) is 23.2 Å². The molecule has 0 bridgehead atoms. The van der Waals surface area contributed by atoms with E-state index in [9.17, 15) is 0 Å². The van der Waals surface area contributed by atoms with E-state index in [1.54, 1.807) is 12.1 Å². The van der Waals surface area contributed by atoms with Crippen molar-refractivity contribution in [1.29, 1.82) is 10.5 Å². The second-order valence-electron chi connectivity index (χ2n) is 2.83. The lowest BCUT2D eigenvalue weighted by Gasteiger charge is -2.23. The average Bonchev–Trinajstić information content (AvgIpc) is 2.34. The highest BCUT2D eigenvalue weighted by molar-refractivity contribution is 6.46. The number of aromatic nitrogens is 2. The minimum Gasteiger partial charge on any atom is -0.325 e. The normalized spacial score (nSPS) is 13.6. The van der Waals surface area contributed by atoms with Gasteiger partial charge in [0, 0.05) is 11.8 Å². The van der Waals surface area contributed by atoms with Crippen LogP contribution in [0.5, 0.6) is 0 Å². The average molecular weight is 287 g/mol. The predicted molar refractivity (Wildman–Crippen MR) is 62.1 cm³/mol. The first-order valence-corrected chi connectivity index (χ1v) is 5.18. The fraction of sp³-hybridized carbons (Fsp3) is 0. The zero-order valence-electron chi connectivity index (χ0n) is 7.87. The summed E-state index contributed by atoms with van der Waals surface area (Å²) in [6.45, 7) is 0. The summed E-state index contributed by atoms with van der Waals surface area (Å²) in [4.78, 5) is 7.75. The maximum absolute atomic E-state index is 8.80. The van der Waals surface area contributed by atoms with E-state index in [0.717, 1.165) is 4.42 Å². The van der Waals surface area contributed by atoms with E-state index in [4.69, 9.17) is 45.5 Å². The van der Waals surface area contributed by atoms with E-state index < -0.39 is 0 Å². The molecule has 0 atom stereocenters. The van der Waals surface area contributed by atoms with E-state index in [-0.39, 0.29) is 33.3 Å². The van der Waals surface area contributed by atoms with Crippen LogP contribution < -0.4 is 9.74 Å². The van der Waals surface area contributed by atoms with E-state index in [1.807, 2.05) is 0 Å². The number of nitrogens with one attached hydrogen (secondary N) is 1. The number of halogens is 3. The number of fused-ring (bicyclic) bond motifs is 1. The quantitative estimate of drug-likeness (QED) is 0.581. The molecule has 1 aliphatic heterocycles. The third-order valence-corrected chi connectivity index (χ3v) is 3.00. The van der Waals surface area contributed by atoms with Crippen LogP contribution in [0.25, 0.3) is 0 Å². The summed E-state index contributed by atoms with van der Waals surface area (Å²) in [6.07, 6.45) is 0. The van der Waals surface area contributed by atoms with Crippen LogP contribution >= 0.6 is 35.0 Å². The van der Waals surface area contributed by atoms with Gasteiger partial charge in [-0.25, -0.2) is 14.4 Å². The van der Waals surface area contributed by atoms with Gasteiger partial charge in [0.15, 0.2) is 28.2 Å². The molecule has 0 fully saturated rings. The molecule has 2 heterocycles. The Kier molecular flexibility index (Phi) is 2.95. The number of nitrogens with zero attached hydrogens (tertiary/aromatic N) is 5. The van der Waals surface area contributed by atoms with Crippen LogP contribution in [-0.4, -0.2) is 9.97 Å². The van der Waals surface area contributed by atoms with Crippen LogP contribution in [0.4, 0.5) is 11.6 Å². The van der Waals surface area contributed by atoms with Crippen molar-refractivity contribution in [2.75, 3.05) is 9.74 Å². The van der Waals surface area contributed by atoms with Gasteiger partial charge in [0.2, 0.25) is 0 Å². The Labute approximate surface area is 111 Å². The minimum atomic E-state index is -0.138. The molecule has 1 N–H and O–H groups in total. The first kappa shape index (κ1) is 11.7. The second kappa shape index (κ2) is 4.27. The molecular formula is C8HCl3N6. The molecule has 0 aromatic carbocycles. The van der Waals surface area contributed by atoms with Gasteiger partial charge < -0.3 is 5.32 Å². The molecule has 0 aliphatic carbocycles. The topological polar surface area (TPSA) is 88.6 Å². The first-order chi connectivity index (χ1) is 8.08. The van der Waals surface area contributed by atoms with Crippen molar-refractivity contribution in [1.82, 2.24) is 9.97 Å². The molecule has 0 spiro atoms. The summed E-state index contributed by atoms with van der Waals surface area (Å²) in [6, 6.07) is 3.49. The molecular weight excluding hydrogens is 286 g/mol. The van der Waals surface area contributed by atoms with Crippen molar-refractivity contribution in [3.63, 3.8) is 0 Å². The Bertz CT molecular complexity index is 611. The van der Waals surface area contributed by atoms with Gasteiger partial charge in [0.25, 0.3) is 0 Å². The molecule has 0 radical (unpaired) electrons. The van der Waals surface area contributed by atoms with Crippen molar-refractivity contribution < 1.29 is 0 Å². The maximum Gasteiger partial charge on any atom is 0.193 e. The summed E-state index contributed by atoms with van der Waals surface area (Å²) in [5, 5.41) is 20.3. The molecule has 84 valence electrons. The van der Waals surface area contributed by atoms with Crippen LogP contribution in [0.3, 0.4) is 0 Å². The Balaban J connectivity index is 2.65. The third-order valence-electron chi connectivity index (χ3n) is 1.86. The number of nitriles is 2. The van der Waals surface area contributed by atoms with Crippen LogP contribution in [0.2, 0.25) is 0 Å². The summed E-state index contributed by atoms with van der Waals surface area (Å²) in [5.74, 6) is 0.265. The number of hydrogen-bond donors (Lipinski definition) is 1. The largest absolute Gasteiger partial charge is 0.325 e. The number of hydrogen-bond acceptors (Lipinski definition) is 6. The van der Waals surface area contributed by atoms with Crippen LogP contribution in [0, 0.1) is 22.7 Å². The molecule has 6 nitrogen and oxygen atoms in total. The van der Waals surface area contributed by atoms with Crippen LogP contribution in [0.15, 0.2) is 10.3 Å². The summed E-state index contributed by atoms with van der Waals surface area (Å²) >= 11 is 17.4. The molecule has 9 heteroatoms. The highest BCUT2D eigenvalue weighted by atomic mass is 35.5. The van der Waals surface area contributed by atoms with Gasteiger partial charge in [-0.15, -0.1) is 0 Å². The molecule has 1 aliphatic rings. The van der Waals surface area contributed by atoms with Crippen LogP contribution in [0.1, 0.15) is 11.4 Å². The second-order valence-corrected chi connectivity index (χ2v) is 3.90. The lowest BCUT2D eigenvalue weighted by atomic mass is 10.3. The zero-order chi connectivity index (χ0) is 12.6. The van der Waals surface area contributed by atoms with Crippen molar-refractivity contribution in [3.8, 4) is 12.1 Å². The van der Waals surface area contributed by atoms with Gasteiger partial charge in [-0.05, 0) is 0 Å². The van der Waals surface area contributed by atoms with Gasteiger partial charge in [-0.2, -0.15) is 10.5 Å². The number of rotatable bonds is 0. The minimum absolute atomic E-state index is 0.00345. The molecule has 1 aromatic heterocycles. The highest BCUT2D eigenvalue weighted by Crippen LogP contribution is 2.36. The van der Waals surface area contributed by atoms with Crippen molar-refractivity contribution in [3.05, 3.63) is 21.7 Å². The Morgan fingerprint density at radius 2 is 1.71 bits per heavy atom. The fourth-order valence-electron chi connectivity index (χ4n) is 1.14. The molecule has 0 amide bonds. The van der Waals surface area contributed by atoms with Gasteiger partial charge in [0.05, 0.1) is 0 Å². The molecule has 17 heavy (non-hydrogen) atoms. The predicted octanol–water partition coefficient (Wildman–Crippen LogP) is 2.21. The Hall–Kier alpha value is -1.73. The standard InChI is InChI=1S/C8HCl3N6/c9-5-6(10)17(11)8-7(16-5)14-3(1-12)4(2-13)15-8/h(H,14,16). The highest BCUT2D eigenvalue weighted by Gasteiger charge is 2.26. The molecule has 0 saturated carbocycles. The van der Waals surface area contributed by atoms with Gasteiger partial charge in [-0.3, -0.25) is 0 Å². The lowest BCUT2D eigenvalue weighted by Crippen LogP contribution is -2.20. The monoisotopic (exact) mass is 286 g/mol. The van der Waals surface area contributed by atoms with E-state index in [1.165, 1.54) is 0 Å². The SMILES string of the molecule is N#Cc1nc2c(nc1C#N)N(Cl)C(Cl)=C(Cl)N2. The molecule has 0 unspecified atom stereocenters. The van der Waals surface area contributed by atoms with Crippen LogP contribution in [-0.2, 0) is 0 Å². The van der Waals surface area contributed by atoms with Crippen molar-refractivity contribution in [2.45, 2.75) is 0 Å². The molecule has 1 aromatic rings. The summed E-state index contributed by atoms with van der Waals surface area (Å²) < 4.78 is 0.949. The Morgan fingerprint density at radius 3 is 2.29 bits per heavy atom. The third kappa shape index (κ3) is 1.83. The van der Waals surface area contributed by atoms with E-state index in [2.05, 4.69) is 15.3 Å². The van der Waals surface area contributed by atoms with E-state index in [0.29, 0.717) is 0 Å². The Morgan fingerprint density at radius 1 is 1.12 bits per heavy atom. The molecule has 0 saturated heterocycles. The fourth-order valence-corrected chi connectivity index (χ4v) is 1.68. The number of anilines is 2. The maximum atomic E-state index is 8.80. The van der Waals surface area contributed by atoms with Crippen molar-refractivity contribution in [2.24, 2.45) is 0 Å². The zero-order valence-corrected chi connectivity index (χ0v) is 10.1. The van der Waals surface area contributed by atoms with Gasteiger partial charge in [0.1, 0.15) is 17.3 Å². The first-order valence-electron chi connectivity index (χ1n) is 4.09. The van der Waals surface area contributed by atoms with Crippen molar-refractivity contribution >= 4 is 46.6 Å². The van der Waals surface area contributed by atoms with E-state index >= 15 is 0 Å². The van der Waals surface area contributed by atoms with Gasteiger partial charge >= 0.3 is 0 Å². The summed E-state index contributed by atoms with van der Waals surface area (Å²) in [5.41, 5.74) is -0.257. The summed E-state index contributed by atoms with van der Waals surface area (Å²) in [7, 11) is 0. The lowest BCUT2D eigenvalue weighted by molar-refractivity contribution is 1.08. The molecule has 2 rings (SSSR count).